The van der Waals surface area contributed by atoms with Gasteiger partial charge in [-0.15, -0.1) is 0 Å². The number of methoxy groups -OCH3 is 2. The smallest absolute Gasteiger partial charge is 0.435 e. The van der Waals surface area contributed by atoms with Gasteiger partial charge < -0.3 is 24.5 Å². The Hall–Kier alpha value is -3.78. The molecule has 0 aliphatic heterocycles. The molecule has 0 spiro atoms. The van der Waals surface area contributed by atoms with Crippen LogP contribution in [-0.4, -0.2) is 67.9 Å². The van der Waals surface area contributed by atoms with Crippen LogP contribution in [0.2, 0.25) is 0 Å². The second-order valence-electron chi connectivity index (χ2n) is 8.70. The van der Waals surface area contributed by atoms with Crippen molar-refractivity contribution < 1.29 is 32.5 Å². The van der Waals surface area contributed by atoms with Crippen LogP contribution in [0, 0.1) is 0 Å². The number of carboxylic acid groups (broad SMARTS) is 1. The van der Waals surface area contributed by atoms with Crippen LogP contribution in [0.15, 0.2) is 35.5 Å². The Morgan fingerprint density at radius 2 is 1.84 bits per heavy atom. The van der Waals surface area contributed by atoms with E-state index in [2.05, 4.69) is 20.4 Å². The first-order valence-electron chi connectivity index (χ1n) is 11.3. The number of alkyl halides is 3. The predicted octanol–water partition coefficient (Wildman–Crippen LogP) is 2.74. The molecule has 1 aliphatic carbocycles. The topological polar surface area (TPSA) is 133 Å². The Kier molecular flexibility index (Phi) is 7.32. The molecule has 1 aliphatic rings. The zero-order valence-corrected chi connectivity index (χ0v) is 20.2. The minimum Gasteiger partial charge on any atom is -0.478 e. The predicted molar refractivity (Wildman–Crippen MR) is 125 cm³/mol. The Balaban J connectivity index is 1.81. The molecule has 0 aromatic carbocycles. The molecule has 0 bridgehead atoms. The number of halogens is 3. The number of hydrogen-bond donors (Lipinski definition) is 2. The third-order valence-electron chi connectivity index (χ3n) is 6.21. The average Bonchev–Trinajstić information content (AvgIpc) is 3.36. The molecule has 3 heterocycles. The molecule has 0 radical (unpaired) electrons. The highest BCUT2D eigenvalue weighted by Crippen LogP contribution is 2.30. The van der Waals surface area contributed by atoms with Crippen LogP contribution in [0.4, 0.5) is 19.1 Å². The second kappa shape index (κ2) is 10.3. The van der Waals surface area contributed by atoms with Crippen molar-refractivity contribution in [3.05, 3.63) is 52.3 Å². The monoisotopic (exact) mass is 522 g/mol. The highest BCUT2D eigenvalue weighted by atomic mass is 19.4. The molecule has 2 N–H and O–H groups in total. The third-order valence-corrected chi connectivity index (χ3v) is 6.21. The standard InChI is InChI=1S/C23H25F3N6O5/c1-31-11-12(21(34)35)6-16(20(31)33)17-10-27-22(28-13-7-14(36-2)9-15(8-13)37-3)29-19(17)32-5-4-18(30-32)23(24,25)26/h4-6,10-11,13-15H,7-9H2,1-3H3,(H,34,35)(H,27,28,29). The van der Waals surface area contributed by atoms with Gasteiger partial charge in [0.15, 0.2) is 11.5 Å². The van der Waals surface area contributed by atoms with Gasteiger partial charge in [0.1, 0.15) is 0 Å². The minimum absolute atomic E-state index is 0.0132. The number of anilines is 1. The van der Waals surface area contributed by atoms with Gasteiger partial charge in [-0.05, 0) is 31.4 Å². The number of aromatic nitrogens is 5. The van der Waals surface area contributed by atoms with Crippen molar-refractivity contribution in [3.8, 4) is 16.9 Å². The van der Waals surface area contributed by atoms with E-state index in [0.717, 1.165) is 33.8 Å². The maximum absolute atomic E-state index is 13.3. The first kappa shape index (κ1) is 26.3. The number of rotatable bonds is 7. The van der Waals surface area contributed by atoms with Gasteiger partial charge >= 0.3 is 12.1 Å². The van der Waals surface area contributed by atoms with Crippen molar-refractivity contribution in [2.75, 3.05) is 19.5 Å². The number of aryl methyl sites for hydroxylation is 1. The van der Waals surface area contributed by atoms with E-state index in [-0.39, 0.29) is 46.7 Å². The van der Waals surface area contributed by atoms with Crippen LogP contribution in [0.1, 0.15) is 35.3 Å². The number of pyridine rings is 1. The van der Waals surface area contributed by atoms with Gasteiger partial charge in [-0.25, -0.2) is 14.5 Å². The fourth-order valence-electron chi connectivity index (χ4n) is 4.32. The number of nitrogens with one attached hydrogen (secondary N) is 1. The lowest BCUT2D eigenvalue weighted by Gasteiger charge is -2.33. The zero-order valence-electron chi connectivity index (χ0n) is 20.2. The van der Waals surface area contributed by atoms with E-state index >= 15 is 0 Å². The van der Waals surface area contributed by atoms with E-state index < -0.39 is 23.4 Å². The molecule has 3 aromatic heterocycles. The highest BCUT2D eigenvalue weighted by Gasteiger charge is 2.34. The number of hydrogen-bond acceptors (Lipinski definition) is 8. The summed E-state index contributed by atoms with van der Waals surface area (Å²) < 4.78 is 52.7. The summed E-state index contributed by atoms with van der Waals surface area (Å²) >= 11 is 0. The quantitative estimate of drug-likeness (QED) is 0.480. The summed E-state index contributed by atoms with van der Waals surface area (Å²) in [5.41, 5.74) is -2.03. The molecular weight excluding hydrogens is 497 g/mol. The summed E-state index contributed by atoms with van der Waals surface area (Å²) in [4.78, 5) is 33.1. The molecule has 198 valence electrons. The van der Waals surface area contributed by atoms with Crippen LogP contribution in [0.25, 0.3) is 16.9 Å². The second-order valence-corrected chi connectivity index (χ2v) is 8.70. The van der Waals surface area contributed by atoms with E-state index in [9.17, 15) is 27.9 Å². The number of carboxylic acids is 1. The van der Waals surface area contributed by atoms with Crippen LogP contribution in [0.3, 0.4) is 0 Å². The van der Waals surface area contributed by atoms with Crippen LogP contribution in [0.5, 0.6) is 0 Å². The Labute approximate surface area is 208 Å². The van der Waals surface area contributed by atoms with Gasteiger partial charge in [0.25, 0.3) is 5.56 Å². The van der Waals surface area contributed by atoms with Gasteiger partial charge in [-0.3, -0.25) is 4.79 Å². The summed E-state index contributed by atoms with van der Waals surface area (Å²) in [5, 5.41) is 16.2. The van der Waals surface area contributed by atoms with E-state index in [1.165, 1.54) is 13.2 Å². The number of aromatic carboxylic acids is 1. The van der Waals surface area contributed by atoms with Crippen molar-refractivity contribution in [2.45, 2.75) is 43.7 Å². The van der Waals surface area contributed by atoms with Crippen molar-refractivity contribution in [3.63, 3.8) is 0 Å². The molecule has 37 heavy (non-hydrogen) atoms. The van der Waals surface area contributed by atoms with Gasteiger partial charge in [0.2, 0.25) is 5.95 Å². The summed E-state index contributed by atoms with van der Waals surface area (Å²) in [6.45, 7) is 0. The van der Waals surface area contributed by atoms with Crippen LogP contribution in [-0.2, 0) is 22.7 Å². The lowest BCUT2D eigenvalue weighted by atomic mass is 9.90. The molecular formula is C23H25F3N6O5. The van der Waals surface area contributed by atoms with Crippen molar-refractivity contribution in [1.82, 2.24) is 24.3 Å². The van der Waals surface area contributed by atoms with Crippen LogP contribution < -0.4 is 10.9 Å². The SMILES string of the molecule is COC1CC(Nc2ncc(-c3cc(C(=O)O)cn(C)c3=O)c(-n3ccc(C(F)(F)F)n3)n2)CC(OC)C1. The van der Waals surface area contributed by atoms with E-state index in [1.807, 2.05) is 0 Å². The van der Waals surface area contributed by atoms with Gasteiger partial charge in [-0.1, -0.05) is 0 Å². The third kappa shape index (κ3) is 5.64. The Morgan fingerprint density at radius 1 is 1.16 bits per heavy atom. The number of nitrogens with zero attached hydrogens (tertiary/aromatic N) is 5. The van der Waals surface area contributed by atoms with Crippen molar-refractivity contribution in [1.29, 1.82) is 0 Å². The summed E-state index contributed by atoms with van der Waals surface area (Å²) in [6.07, 6.45) is 0.573. The van der Waals surface area contributed by atoms with E-state index in [1.54, 1.807) is 14.2 Å². The first-order chi connectivity index (χ1) is 17.5. The number of ether oxygens (including phenoxy) is 2. The molecule has 14 heteroatoms. The lowest BCUT2D eigenvalue weighted by molar-refractivity contribution is -0.141. The molecule has 2 unspecified atom stereocenters. The minimum atomic E-state index is -4.70. The zero-order chi connectivity index (χ0) is 26.9. The van der Waals surface area contributed by atoms with E-state index in [0.29, 0.717) is 19.3 Å². The van der Waals surface area contributed by atoms with Crippen LogP contribution >= 0.6 is 0 Å². The van der Waals surface area contributed by atoms with Gasteiger partial charge in [0, 0.05) is 45.9 Å². The fourth-order valence-corrected chi connectivity index (χ4v) is 4.32. The van der Waals surface area contributed by atoms with Gasteiger partial charge in [0.05, 0.1) is 28.9 Å². The summed E-state index contributed by atoms with van der Waals surface area (Å²) in [5.74, 6) is -1.32. The maximum atomic E-state index is 13.3. The molecule has 1 fully saturated rings. The maximum Gasteiger partial charge on any atom is 0.435 e. The normalized spacial score (nSPS) is 20.1. The molecule has 0 saturated heterocycles. The molecule has 1 saturated carbocycles. The van der Waals surface area contributed by atoms with Gasteiger partial charge in [-0.2, -0.15) is 23.3 Å². The van der Waals surface area contributed by atoms with E-state index in [4.69, 9.17) is 9.47 Å². The first-order valence-corrected chi connectivity index (χ1v) is 11.3. The average molecular weight is 522 g/mol. The Morgan fingerprint density at radius 3 is 2.41 bits per heavy atom. The molecule has 2 atom stereocenters. The summed E-state index contributed by atoms with van der Waals surface area (Å²) in [6, 6.07) is 1.74. The van der Waals surface area contributed by atoms with Crippen molar-refractivity contribution in [2.24, 2.45) is 7.05 Å². The fraction of sp³-hybridized carbons (Fsp3) is 0.435. The summed E-state index contributed by atoms with van der Waals surface area (Å²) in [7, 11) is 4.57. The Bertz CT molecular complexity index is 1340. The molecule has 3 aromatic rings. The molecule has 11 nitrogen and oxygen atoms in total. The van der Waals surface area contributed by atoms with Crippen molar-refractivity contribution >= 4 is 11.9 Å². The lowest BCUT2D eigenvalue weighted by Crippen LogP contribution is -2.39. The molecule has 4 rings (SSSR count). The molecule has 0 amide bonds. The number of carbonyl (C=O) groups is 1. The highest BCUT2D eigenvalue weighted by molar-refractivity contribution is 5.89. The largest absolute Gasteiger partial charge is 0.478 e.